The SMILES string of the molecule is COC(OC)(c1ccc(C)cc1)[C@](C)(O)[C@@H](O)C(F)(F)F. The Bertz CT molecular complexity index is 464. The van der Waals surface area contributed by atoms with Gasteiger partial charge in [0, 0.05) is 19.8 Å². The number of halogens is 3. The highest BCUT2D eigenvalue weighted by atomic mass is 19.4. The lowest BCUT2D eigenvalue weighted by Gasteiger charge is -2.45. The molecular formula is C14H19F3O4. The van der Waals surface area contributed by atoms with Crippen LogP contribution in [0.1, 0.15) is 18.1 Å². The summed E-state index contributed by atoms with van der Waals surface area (Å²) in [5.41, 5.74) is -1.73. The first-order valence-electron chi connectivity index (χ1n) is 6.17. The lowest BCUT2D eigenvalue weighted by molar-refractivity contribution is -0.362. The Kier molecular flexibility index (Phi) is 5.05. The van der Waals surface area contributed by atoms with Crippen LogP contribution in [0.3, 0.4) is 0 Å². The molecule has 120 valence electrons. The van der Waals surface area contributed by atoms with Crippen molar-refractivity contribution in [2.75, 3.05) is 14.2 Å². The van der Waals surface area contributed by atoms with Gasteiger partial charge in [-0.1, -0.05) is 29.8 Å². The van der Waals surface area contributed by atoms with Crippen LogP contribution in [-0.2, 0) is 15.3 Å². The number of hydrogen-bond acceptors (Lipinski definition) is 4. The lowest BCUT2D eigenvalue weighted by Crippen LogP contribution is -2.63. The summed E-state index contributed by atoms with van der Waals surface area (Å²) in [5, 5.41) is 19.8. The molecule has 4 nitrogen and oxygen atoms in total. The second kappa shape index (κ2) is 5.92. The minimum Gasteiger partial charge on any atom is -0.381 e. The molecule has 0 saturated heterocycles. The number of aliphatic hydroxyl groups excluding tert-OH is 1. The van der Waals surface area contributed by atoms with Gasteiger partial charge in [-0.05, 0) is 13.8 Å². The van der Waals surface area contributed by atoms with Gasteiger partial charge >= 0.3 is 6.18 Å². The second-order valence-electron chi connectivity index (χ2n) is 4.98. The molecule has 7 heteroatoms. The number of benzene rings is 1. The molecule has 1 rings (SSSR count). The summed E-state index contributed by atoms with van der Waals surface area (Å²) < 4.78 is 48.5. The Morgan fingerprint density at radius 3 is 1.81 bits per heavy atom. The third-order valence-corrected chi connectivity index (χ3v) is 3.52. The molecule has 0 aliphatic carbocycles. The van der Waals surface area contributed by atoms with E-state index in [0.29, 0.717) is 0 Å². The number of aliphatic hydroxyl groups is 2. The summed E-state index contributed by atoms with van der Waals surface area (Å²) in [7, 11) is 2.20. The highest BCUT2D eigenvalue weighted by Crippen LogP contribution is 2.43. The van der Waals surface area contributed by atoms with Gasteiger partial charge in [-0.15, -0.1) is 0 Å². The third-order valence-electron chi connectivity index (χ3n) is 3.52. The van der Waals surface area contributed by atoms with Crippen molar-refractivity contribution in [2.45, 2.75) is 37.5 Å². The van der Waals surface area contributed by atoms with Crippen molar-refractivity contribution in [1.29, 1.82) is 0 Å². The van der Waals surface area contributed by atoms with Crippen LogP contribution in [0.5, 0.6) is 0 Å². The lowest BCUT2D eigenvalue weighted by atomic mass is 9.83. The van der Waals surface area contributed by atoms with E-state index in [2.05, 4.69) is 0 Å². The number of rotatable bonds is 5. The molecule has 0 fully saturated rings. The van der Waals surface area contributed by atoms with Crippen LogP contribution in [0.2, 0.25) is 0 Å². The number of ether oxygens (including phenoxy) is 2. The van der Waals surface area contributed by atoms with Crippen LogP contribution in [0.25, 0.3) is 0 Å². The zero-order valence-electron chi connectivity index (χ0n) is 12.2. The fraction of sp³-hybridized carbons (Fsp3) is 0.571. The van der Waals surface area contributed by atoms with Gasteiger partial charge in [0.1, 0.15) is 0 Å². The van der Waals surface area contributed by atoms with E-state index in [1.165, 1.54) is 12.1 Å². The van der Waals surface area contributed by atoms with E-state index in [9.17, 15) is 23.4 Å². The van der Waals surface area contributed by atoms with E-state index in [1.54, 1.807) is 19.1 Å². The fourth-order valence-corrected chi connectivity index (χ4v) is 2.30. The van der Waals surface area contributed by atoms with Gasteiger partial charge < -0.3 is 19.7 Å². The first-order chi connectivity index (χ1) is 9.53. The molecule has 2 N–H and O–H groups in total. The molecule has 0 aromatic heterocycles. The standard InChI is InChI=1S/C14H19F3O4/c1-9-5-7-10(8-6-9)13(20-3,21-4)12(2,19)11(18)14(15,16)17/h5-8,11,18-19H,1-4H3/t11-,12-/m1/s1. The normalized spacial score (nSPS) is 17.4. The molecule has 1 aromatic rings. The molecule has 0 unspecified atom stereocenters. The van der Waals surface area contributed by atoms with Gasteiger partial charge in [0.2, 0.25) is 5.79 Å². The molecule has 2 atom stereocenters. The maximum atomic E-state index is 12.8. The first-order valence-corrected chi connectivity index (χ1v) is 6.17. The van der Waals surface area contributed by atoms with Crippen LogP contribution in [0.4, 0.5) is 13.2 Å². The minimum atomic E-state index is -5.03. The minimum absolute atomic E-state index is 0.159. The molecule has 0 radical (unpaired) electrons. The number of aryl methyl sites for hydroxylation is 1. The zero-order valence-corrected chi connectivity index (χ0v) is 12.2. The Morgan fingerprint density at radius 1 is 1.05 bits per heavy atom. The summed E-state index contributed by atoms with van der Waals surface area (Å²) in [6.07, 6.45) is -8.08. The van der Waals surface area contributed by atoms with Gasteiger partial charge in [-0.3, -0.25) is 0 Å². The van der Waals surface area contributed by atoms with E-state index < -0.39 is 23.7 Å². The largest absolute Gasteiger partial charge is 0.417 e. The Balaban J connectivity index is 3.42. The van der Waals surface area contributed by atoms with E-state index in [1.807, 2.05) is 0 Å². The predicted octanol–water partition coefficient (Wildman–Crippen LogP) is 2.11. The second-order valence-corrected chi connectivity index (χ2v) is 4.98. The topological polar surface area (TPSA) is 58.9 Å². The molecule has 0 aliphatic heterocycles. The van der Waals surface area contributed by atoms with E-state index in [-0.39, 0.29) is 5.56 Å². The maximum absolute atomic E-state index is 12.8. The summed E-state index contributed by atoms with van der Waals surface area (Å²) in [5.74, 6) is -2.17. The number of methoxy groups -OCH3 is 2. The maximum Gasteiger partial charge on any atom is 0.417 e. The molecule has 0 amide bonds. The van der Waals surface area contributed by atoms with Crippen LogP contribution in [-0.4, -0.2) is 42.3 Å². The van der Waals surface area contributed by atoms with Crippen molar-refractivity contribution in [1.82, 2.24) is 0 Å². The molecule has 1 aromatic carbocycles. The Labute approximate surface area is 121 Å². The summed E-state index contributed by atoms with van der Waals surface area (Å²) in [6.45, 7) is 2.62. The smallest absolute Gasteiger partial charge is 0.381 e. The van der Waals surface area contributed by atoms with Crippen molar-refractivity contribution in [2.24, 2.45) is 0 Å². The average Bonchev–Trinajstić information content (AvgIpc) is 2.40. The van der Waals surface area contributed by atoms with Crippen LogP contribution in [0.15, 0.2) is 24.3 Å². The quantitative estimate of drug-likeness (QED) is 0.818. The first kappa shape index (κ1) is 17.9. The summed E-state index contributed by atoms with van der Waals surface area (Å²) >= 11 is 0. The van der Waals surface area contributed by atoms with Crippen molar-refractivity contribution < 1.29 is 32.9 Å². The molecule has 21 heavy (non-hydrogen) atoms. The Morgan fingerprint density at radius 2 is 1.48 bits per heavy atom. The summed E-state index contributed by atoms with van der Waals surface area (Å²) in [6, 6.07) is 6.22. The zero-order chi connectivity index (χ0) is 16.5. The highest BCUT2D eigenvalue weighted by Gasteiger charge is 2.62. The highest BCUT2D eigenvalue weighted by molar-refractivity contribution is 5.28. The monoisotopic (exact) mass is 308 g/mol. The van der Waals surface area contributed by atoms with Crippen molar-refractivity contribution >= 4 is 0 Å². The fourth-order valence-electron chi connectivity index (χ4n) is 2.30. The van der Waals surface area contributed by atoms with E-state index in [0.717, 1.165) is 26.7 Å². The van der Waals surface area contributed by atoms with E-state index in [4.69, 9.17) is 9.47 Å². The van der Waals surface area contributed by atoms with Crippen LogP contribution in [0, 0.1) is 6.92 Å². The van der Waals surface area contributed by atoms with Crippen molar-refractivity contribution in [3.8, 4) is 0 Å². The van der Waals surface area contributed by atoms with Crippen molar-refractivity contribution in [3.63, 3.8) is 0 Å². The van der Waals surface area contributed by atoms with Crippen LogP contribution >= 0.6 is 0 Å². The Hall–Kier alpha value is -1.15. The van der Waals surface area contributed by atoms with Gasteiger partial charge in [-0.25, -0.2) is 0 Å². The molecule has 0 saturated carbocycles. The molecule has 0 heterocycles. The molecule has 0 aliphatic rings. The molecule has 0 spiro atoms. The van der Waals surface area contributed by atoms with Gasteiger partial charge in [-0.2, -0.15) is 13.2 Å². The average molecular weight is 308 g/mol. The van der Waals surface area contributed by atoms with E-state index >= 15 is 0 Å². The van der Waals surface area contributed by atoms with Gasteiger partial charge in [0.25, 0.3) is 0 Å². The number of alkyl halides is 3. The van der Waals surface area contributed by atoms with Crippen LogP contribution < -0.4 is 0 Å². The van der Waals surface area contributed by atoms with Crippen molar-refractivity contribution in [3.05, 3.63) is 35.4 Å². The molecule has 0 bridgehead atoms. The molecular weight excluding hydrogens is 289 g/mol. The predicted molar refractivity (Wildman–Crippen MR) is 69.6 cm³/mol. The summed E-state index contributed by atoms with van der Waals surface area (Å²) in [4.78, 5) is 0. The van der Waals surface area contributed by atoms with Gasteiger partial charge in [0.05, 0.1) is 0 Å². The van der Waals surface area contributed by atoms with Gasteiger partial charge in [0.15, 0.2) is 11.7 Å². The number of hydrogen-bond donors (Lipinski definition) is 2. The third kappa shape index (κ3) is 3.06.